The number of ether oxygens (including phenoxy) is 2. The molecule has 0 radical (unpaired) electrons. The zero-order valence-electron chi connectivity index (χ0n) is 16.7. The average Bonchev–Trinajstić information content (AvgIpc) is 2.76. The minimum Gasteiger partial charge on any atom is -0.507 e. The van der Waals surface area contributed by atoms with Crippen LogP contribution in [0.2, 0.25) is 0 Å². The summed E-state index contributed by atoms with van der Waals surface area (Å²) in [6.07, 6.45) is 3.07. The number of phenols is 1. The summed E-state index contributed by atoms with van der Waals surface area (Å²) < 4.78 is 11.3. The molecule has 0 heterocycles. The van der Waals surface area contributed by atoms with Crippen LogP contribution >= 0.6 is 0 Å². The summed E-state index contributed by atoms with van der Waals surface area (Å²) in [7, 11) is 1.73. The van der Waals surface area contributed by atoms with E-state index in [1.54, 1.807) is 13.2 Å². The summed E-state index contributed by atoms with van der Waals surface area (Å²) in [5.41, 5.74) is 1.78. The number of benzene rings is 4. The second kappa shape index (κ2) is 8.97. The quantitative estimate of drug-likeness (QED) is 0.348. The third-order valence-corrected chi connectivity index (χ3v) is 5.30. The summed E-state index contributed by atoms with van der Waals surface area (Å²) in [5, 5.41) is 15.2. The van der Waals surface area contributed by atoms with E-state index in [0.717, 1.165) is 64.3 Å². The normalized spacial score (nSPS) is 11.2. The van der Waals surface area contributed by atoms with E-state index in [4.69, 9.17) is 9.47 Å². The number of rotatable bonds is 8. The molecule has 0 atom stereocenters. The lowest BCUT2D eigenvalue weighted by molar-refractivity contribution is 0.189. The van der Waals surface area contributed by atoms with E-state index in [0.29, 0.717) is 6.61 Å². The van der Waals surface area contributed by atoms with E-state index in [1.165, 1.54) is 0 Å². The van der Waals surface area contributed by atoms with E-state index in [2.05, 4.69) is 30.3 Å². The molecule has 1 N–H and O–H groups in total. The van der Waals surface area contributed by atoms with Gasteiger partial charge in [-0.25, -0.2) is 0 Å². The molecule has 4 aromatic carbocycles. The van der Waals surface area contributed by atoms with Gasteiger partial charge in [0.25, 0.3) is 0 Å². The second-order valence-electron chi connectivity index (χ2n) is 7.24. The Balaban J connectivity index is 1.79. The summed E-state index contributed by atoms with van der Waals surface area (Å²) in [6, 6.07) is 24.2. The summed E-state index contributed by atoms with van der Waals surface area (Å²) >= 11 is 0. The van der Waals surface area contributed by atoms with Gasteiger partial charge in [0.2, 0.25) is 0 Å². The molecule has 3 nitrogen and oxygen atoms in total. The van der Waals surface area contributed by atoms with Gasteiger partial charge in [-0.3, -0.25) is 0 Å². The maximum absolute atomic E-state index is 10.8. The molecule has 0 spiro atoms. The van der Waals surface area contributed by atoms with E-state index in [1.807, 2.05) is 36.4 Å². The van der Waals surface area contributed by atoms with Crippen molar-refractivity contribution in [2.45, 2.75) is 19.3 Å². The fraction of sp³-hybridized carbons (Fsp3) is 0.231. The highest BCUT2D eigenvalue weighted by Crippen LogP contribution is 2.44. The predicted molar refractivity (Wildman–Crippen MR) is 120 cm³/mol. The van der Waals surface area contributed by atoms with Crippen molar-refractivity contribution in [1.29, 1.82) is 0 Å². The first-order chi connectivity index (χ1) is 14.3. The topological polar surface area (TPSA) is 38.7 Å². The minimum atomic E-state index is 0.269. The van der Waals surface area contributed by atoms with Crippen LogP contribution in [0.1, 0.15) is 19.3 Å². The van der Waals surface area contributed by atoms with Crippen molar-refractivity contribution < 1.29 is 14.6 Å². The predicted octanol–water partition coefficient (Wildman–Crippen LogP) is 6.56. The standard InChI is InChI=1S/C26H26O3/c1-28-17-7-2-8-18-29-24-16-14-20-10-4-6-12-22(20)26(24)25-21-11-5-3-9-19(21)13-15-23(25)27/h3-6,9-16,27H,2,7-8,17-18H2,1H3. The Labute approximate surface area is 171 Å². The lowest BCUT2D eigenvalue weighted by atomic mass is 9.92. The molecule has 0 fully saturated rings. The van der Waals surface area contributed by atoms with Crippen molar-refractivity contribution in [3.05, 3.63) is 72.8 Å². The van der Waals surface area contributed by atoms with Crippen molar-refractivity contribution in [3.8, 4) is 22.6 Å². The number of methoxy groups -OCH3 is 1. The first-order valence-corrected chi connectivity index (χ1v) is 10.1. The van der Waals surface area contributed by atoms with Crippen LogP contribution in [0, 0.1) is 0 Å². The lowest BCUT2D eigenvalue weighted by Gasteiger charge is -2.17. The van der Waals surface area contributed by atoms with Crippen molar-refractivity contribution in [2.75, 3.05) is 20.3 Å². The molecule has 0 aromatic heterocycles. The Morgan fingerprint density at radius 3 is 2.00 bits per heavy atom. The molecular formula is C26H26O3. The maximum atomic E-state index is 10.8. The van der Waals surface area contributed by atoms with E-state index < -0.39 is 0 Å². The molecule has 0 aliphatic rings. The highest BCUT2D eigenvalue weighted by Gasteiger charge is 2.17. The molecule has 0 unspecified atom stereocenters. The van der Waals surface area contributed by atoms with Gasteiger partial charge in [-0.2, -0.15) is 0 Å². The Kier molecular flexibility index (Phi) is 5.97. The van der Waals surface area contributed by atoms with Gasteiger partial charge >= 0.3 is 0 Å². The van der Waals surface area contributed by atoms with E-state index >= 15 is 0 Å². The van der Waals surface area contributed by atoms with Gasteiger partial charge in [-0.05, 0) is 52.9 Å². The fourth-order valence-electron chi connectivity index (χ4n) is 3.86. The maximum Gasteiger partial charge on any atom is 0.127 e. The highest BCUT2D eigenvalue weighted by atomic mass is 16.5. The Morgan fingerprint density at radius 2 is 1.28 bits per heavy atom. The summed E-state index contributed by atoms with van der Waals surface area (Å²) in [5.74, 6) is 1.08. The van der Waals surface area contributed by atoms with Gasteiger partial charge in [0.15, 0.2) is 0 Å². The first-order valence-electron chi connectivity index (χ1n) is 10.1. The molecule has 0 saturated carbocycles. The molecule has 0 aliphatic carbocycles. The molecule has 29 heavy (non-hydrogen) atoms. The van der Waals surface area contributed by atoms with Crippen molar-refractivity contribution in [3.63, 3.8) is 0 Å². The molecule has 0 saturated heterocycles. The number of aromatic hydroxyl groups is 1. The Morgan fingerprint density at radius 1 is 0.655 bits per heavy atom. The van der Waals surface area contributed by atoms with E-state index in [-0.39, 0.29) is 5.75 Å². The Bertz CT molecular complexity index is 1120. The zero-order valence-corrected chi connectivity index (χ0v) is 16.7. The first kappa shape index (κ1) is 19.3. The van der Waals surface area contributed by atoms with Crippen LogP contribution < -0.4 is 4.74 Å². The molecule has 0 amide bonds. The van der Waals surface area contributed by atoms with Crippen LogP contribution in [-0.4, -0.2) is 25.4 Å². The summed E-state index contributed by atoms with van der Waals surface area (Å²) in [4.78, 5) is 0. The second-order valence-corrected chi connectivity index (χ2v) is 7.24. The number of hydrogen-bond acceptors (Lipinski definition) is 3. The van der Waals surface area contributed by atoms with Crippen molar-refractivity contribution >= 4 is 21.5 Å². The zero-order chi connectivity index (χ0) is 20.1. The third kappa shape index (κ3) is 4.06. The third-order valence-electron chi connectivity index (χ3n) is 5.30. The van der Waals surface area contributed by atoms with E-state index in [9.17, 15) is 5.11 Å². The van der Waals surface area contributed by atoms with Crippen LogP contribution in [0.5, 0.6) is 11.5 Å². The Hall–Kier alpha value is -3.04. The molecule has 0 aliphatic heterocycles. The number of fused-ring (bicyclic) bond motifs is 2. The monoisotopic (exact) mass is 386 g/mol. The average molecular weight is 386 g/mol. The molecule has 4 aromatic rings. The van der Waals surface area contributed by atoms with Crippen LogP contribution in [-0.2, 0) is 4.74 Å². The highest BCUT2D eigenvalue weighted by molar-refractivity contribution is 6.09. The van der Waals surface area contributed by atoms with Crippen molar-refractivity contribution in [2.24, 2.45) is 0 Å². The summed E-state index contributed by atoms with van der Waals surface area (Å²) in [6.45, 7) is 1.42. The van der Waals surface area contributed by atoms with Gasteiger partial charge in [0.05, 0.1) is 6.61 Å². The minimum absolute atomic E-state index is 0.269. The molecule has 148 valence electrons. The number of unbranched alkanes of at least 4 members (excludes halogenated alkanes) is 2. The molecule has 4 rings (SSSR count). The van der Waals surface area contributed by atoms with Crippen LogP contribution in [0.25, 0.3) is 32.7 Å². The van der Waals surface area contributed by atoms with Crippen molar-refractivity contribution in [1.82, 2.24) is 0 Å². The van der Waals surface area contributed by atoms with Gasteiger partial charge in [-0.15, -0.1) is 0 Å². The van der Waals surface area contributed by atoms with Gasteiger partial charge in [0.1, 0.15) is 11.5 Å². The SMILES string of the molecule is COCCCCCOc1ccc2ccccc2c1-c1c(O)ccc2ccccc12. The molecule has 3 heteroatoms. The fourth-order valence-corrected chi connectivity index (χ4v) is 3.86. The number of phenolic OH excluding ortho intramolecular Hbond substituents is 1. The lowest BCUT2D eigenvalue weighted by Crippen LogP contribution is -2.00. The smallest absolute Gasteiger partial charge is 0.127 e. The van der Waals surface area contributed by atoms with Crippen LogP contribution in [0.4, 0.5) is 0 Å². The van der Waals surface area contributed by atoms with Gasteiger partial charge in [-0.1, -0.05) is 60.7 Å². The van der Waals surface area contributed by atoms with Crippen LogP contribution in [0.3, 0.4) is 0 Å². The largest absolute Gasteiger partial charge is 0.507 e. The molecule has 0 bridgehead atoms. The molecular weight excluding hydrogens is 360 g/mol. The number of hydrogen-bond donors (Lipinski definition) is 1. The van der Waals surface area contributed by atoms with Gasteiger partial charge < -0.3 is 14.6 Å². The van der Waals surface area contributed by atoms with Crippen LogP contribution in [0.15, 0.2) is 72.8 Å². The van der Waals surface area contributed by atoms with Gasteiger partial charge in [0, 0.05) is 24.8 Å².